The van der Waals surface area contributed by atoms with E-state index < -0.39 is 0 Å². The number of phenols is 1. The van der Waals surface area contributed by atoms with Crippen LogP contribution in [0.1, 0.15) is 30.5 Å². The second-order valence-electron chi connectivity index (χ2n) is 5.86. The van der Waals surface area contributed by atoms with E-state index in [2.05, 4.69) is 30.9 Å². The van der Waals surface area contributed by atoms with Crippen LogP contribution < -0.4 is 0 Å². The Kier molecular flexibility index (Phi) is 3.64. The summed E-state index contributed by atoms with van der Waals surface area (Å²) in [5.74, 6) is 0.417. The third-order valence-electron chi connectivity index (χ3n) is 3.74. The molecule has 3 heteroatoms. The number of nitrogens with zero attached hydrogens (tertiary/aromatic N) is 1. The summed E-state index contributed by atoms with van der Waals surface area (Å²) in [5.41, 5.74) is 3.25. The summed E-state index contributed by atoms with van der Waals surface area (Å²) >= 11 is 0. The van der Waals surface area contributed by atoms with Crippen LogP contribution in [-0.4, -0.2) is 35.3 Å². The third kappa shape index (κ3) is 2.68. The predicted molar refractivity (Wildman–Crippen MR) is 72.9 cm³/mol. The van der Waals surface area contributed by atoms with Gasteiger partial charge in [-0.3, -0.25) is 4.90 Å². The van der Waals surface area contributed by atoms with Crippen LogP contribution in [0.15, 0.2) is 12.1 Å². The molecular formula is C15H23NO2. The third-order valence-corrected chi connectivity index (χ3v) is 3.74. The van der Waals surface area contributed by atoms with E-state index >= 15 is 0 Å². The van der Waals surface area contributed by atoms with E-state index in [4.69, 9.17) is 4.74 Å². The van der Waals surface area contributed by atoms with Gasteiger partial charge < -0.3 is 9.84 Å². The van der Waals surface area contributed by atoms with E-state index in [1.54, 1.807) is 0 Å². The molecule has 0 radical (unpaired) electrons. The lowest BCUT2D eigenvalue weighted by Crippen LogP contribution is -2.52. The Morgan fingerprint density at radius 2 is 1.89 bits per heavy atom. The van der Waals surface area contributed by atoms with E-state index in [1.165, 1.54) is 5.56 Å². The van der Waals surface area contributed by atoms with Gasteiger partial charge in [-0.1, -0.05) is 12.1 Å². The van der Waals surface area contributed by atoms with Gasteiger partial charge in [-0.05, 0) is 44.4 Å². The van der Waals surface area contributed by atoms with Crippen molar-refractivity contribution in [1.82, 2.24) is 4.90 Å². The average Bonchev–Trinajstić information content (AvgIpc) is 2.28. The number of hydrogen-bond donors (Lipinski definition) is 1. The number of aryl methyl sites for hydroxylation is 2. The molecule has 0 spiro atoms. The van der Waals surface area contributed by atoms with Crippen molar-refractivity contribution in [3.8, 4) is 5.75 Å². The fourth-order valence-corrected chi connectivity index (χ4v) is 2.54. The minimum absolute atomic E-state index is 0.0813. The molecule has 1 fully saturated rings. The van der Waals surface area contributed by atoms with Crippen molar-refractivity contribution in [2.75, 3.05) is 19.8 Å². The summed E-state index contributed by atoms with van der Waals surface area (Å²) in [6, 6.07) is 4.15. The Balaban J connectivity index is 2.18. The highest BCUT2D eigenvalue weighted by molar-refractivity contribution is 5.42. The van der Waals surface area contributed by atoms with Crippen molar-refractivity contribution in [3.05, 3.63) is 28.8 Å². The molecule has 3 nitrogen and oxygen atoms in total. The first kappa shape index (κ1) is 13.4. The molecule has 1 heterocycles. The summed E-state index contributed by atoms with van der Waals surface area (Å²) in [4.78, 5) is 2.45. The molecule has 1 aliphatic rings. The van der Waals surface area contributed by atoms with Gasteiger partial charge in [-0.25, -0.2) is 0 Å². The first-order valence-electron chi connectivity index (χ1n) is 6.52. The highest BCUT2D eigenvalue weighted by Gasteiger charge is 2.30. The van der Waals surface area contributed by atoms with Crippen LogP contribution in [-0.2, 0) is 11.3 Å². The highest BCUT2D eigenvalue weighted by atomic mass is 16.5. The first-order valence-corrected chi connectivity index (χ1v) is 6.52. The Labute approximate surface area is 109 Å². The molecule has 0 amide bonds. The average molecular weight is 249 g/mol. The lowest BCUT2D eigenvalue weighted by atomic mass is 9.99. The molecule has 0 aliphatic carbocycles. The van der Waals surface area contributed by atoms with Crippen LogP contribution >= 0.6 is 0 Å². The van der Waals surface area contributed by atoms with Gasteiger partial charge in [-0.15, -0.1) is 0 Å². The fourth-order valence-electron chi connectivity index (χ4n) is 2.54. The second-order valence-corrected chi connectivity index (χ2v) is 5.86. The zero-order valence-electron chi connectivity index (χ0n) is 11.8. The van der Waals surface area contributed by atoms with Gasteiger partial charge in [0, 0.05) is 18.6 Å². The maximum atomic E-state index is 9.81. The van der Waals surface area contributed by atoms with Gasteiger partial charge in [0.1, 0.15) is 5.75 Å². The van der Waals surface area contributed by atoms with Crippen molar-refractivity contribution >= 4 is 0 Å². The van der Waals surface area contributed by atoms with Crippen molar-refractivity contribution in [2.24, 2.45) is 0 Å². The molecule has 0 saturated carbocycles. The SMILES string of the molecule is Cc1cc(CN2CCOCC2(C)C)cc(C)c1O. The molecule has 1 N–H and O–H groups in total. The van der Waals surface area contributed by atoms with Crippen molar-refractivity contribution < 1.29 is 9.84 Å². The van der Waals surface area contributed by atoms with Gasteiger partial charge in [-0.2, -0.15) is 0 Å². The van der Waals surface area contributed by atoms with Gasteiger partial charge in [0.2, 0.25) is 0 Å². The summed E-state index contributed by atoms with van der Waals surface area (Å²) < 4.78 is 5.54. The number of ether oxygens (including phenoxy) is 1. The summed E-state index contributed by atoms with van der Waals surface area (Å²) in [6.07, 6.45) is 0. The number of rotatable bonds is 2. The van der Waals surface area contributed by atoms with Crippen LogP contribution in [0.5, 0.6) is 5.75 Å². The van der Waals surface area contributed by atoms with E-state index in [9.17, 15) is 5.11 Å². The predicted octanol–water partition coefficient (Wildman–Crippen LogP) is 2.62. The molecule has 0 bridgehead atoms. The number of aromatic hydroxyl groups is 1. The largest absolute Gasteiger partial charge is 0.507 e. The molecule has 18 heavy (non-hydrogen) atoms. The molecule has 0 atom stereocenters. The van der Waals surface area contributed by atoms with Gasteiger partial charge >= 0.3 is 0 Å². The number of morpholine rings is 1. The van der Waals surface area contributed by atoms with Crippen molar-refractivity contribution in [1.29, 1.82) is 0 Å². The molecule has 0 unspecified atom stereocenters. The minimum Gasteiger partial charge on any atom is -0.507 e. The van der Waals surface area contributed by atoms with Crippen molar-refractivity contribution in [3.63, 3.8) is 0 Å². The van der Waals surface area contributed by atoms with Gasteiger partial charge in [0.05, 0.1) is 13.2 Å². The Morgan fingerprint density at radius 1 is 1.28 bits per heavy atom. The maximum absolute atomic E-state index is 9.81. The molecule has 1 aliphatic heterocycles. The molecular weight excluding hydrogens is 226 g/mol. The molecule has 1 aromatic rings. The monoisotopic (exact) mass is 249 g/mol. The minimum atomic E-state index is 0.0813. The van der Waals surface area contributed by atoms with Crippen LogP contribution in [0, 0.1) is 13.8 Å². The Morgan fingerprint density at radius 3 is 2.44 bits per heavy atom. The van der Waals surface area contributed by atoms with Gasteiger partial charge in [0.15, 0.2) is 0 Å². The van der Waals surface area contributed by atoms with Crippen LogP contribution in [0.3, 0.4) is 0 Å². The topological polar surface area (TPSA) is 32.7 Å². The lowest BCUT2D eigenvalue weighted by Gasteiger charge is -2.42. The quantitative estimate of drug-likeness (QED) is 0.874. The Hall–Kier alpha value is -1.06. The molecule has 1 aromatic carbocycles. The summed E-state index contributed by atoms with van der Waals surface area (Å²) in [5, 5.41) is 9.81. The second kappa shape index (κ2) is 4.90. The van der Waals surface area contributed by atoms with Crippen molar-refractivity contribution in [2.45, 2.75) is 39.8 Å². The van der Waals surface area contributed by atoms with Gasteiger partial charge in [0.25, 0.3) is 0 Å². The van der Waals surface area contributed by atoms with Crippen LogP contribution in [0.25, 0.3) is 0 Å². The molecule has 100 valence electrons. The standard InChI is InChI=1S/C15H23NO2/c1-11-7-13(8-12(2)14(11)17)9-16-5-6-18-10-15(16,3)4/h7-8,17H,5-6,9-10H2,1-4H3. The number of hydrogen-bond acceptors (Lipinski definition) is 3. The molecule has 0 aromatic heterocycles. The fraction of sp³-hybridized carbons (Fsp3) is 0.600. The zero-order valence-corrected chi connectivity index (χ0v) is 11.8. The van der Waals surface area contributed by atoms with E-state index in [1.807, 2.05) is 13.8 Å². The number of phenolic OH excluding ortho intramolecular Hbond substituents is 1. The summed E-state index contributed by atoms with van der Waals surface area (Å²) in [7, 11) is 0. The van der Waals surface area contributed by atoms with E-state index in [0.29, 0.717) is 5.75 Å². The van der Waals surface area contributed by atoms with Crippen LogP contribution in [0.2, 0.25) is 0 Å². The smallest absolute Gasteiger partial charge is 0.121 e. The summed E-state index contributed by atoms with van der Waals surface area (Å²) in [6.45, 7) is 11.8. The van der Waals surface area contributed by atoms with E-state index in [-0.39, 0.29) is 5.54 Å². The maximum Gasteiger partial charge on any atom is 0.121 e. The normalized spacial score (nSPS) is 20.0. The van der Waals surface area contributed by atoms with E-state index in [0.717, 1.165) is 37.4 Å². The first-order chi connectivity index (χ1) is 8.40. The number of benzene rings is 1. The lowest BCUT2D eigenvalue weighted by molar-refractivity contribution is -0.0552. The molecule has 2 rings (SSSR count). The highest BCUT2D eigenvalue weighted by Crippen LogP contribution is 2.26. The van der Waals surface area contributed by atoms with Crippen LogP contribution in [0.4, 0.5) is 0 Å². The Bertz CT molecular complexity index is 417. The molecule has 1 saturated heterocycles. The zero-order chi connectivity index (χ0) is 13.3.